The Balaban J connectivity index is 1.64. The Labute approximate surface area is 174 Å². The molecule has 0 radical (unpaired) electrons. The van der Waals surface area contributed by atoms with Crippen LogP contribution in [0.15, 0.2) is 57.7 Å². The number of nitrogens with zero attached hydrogens (tertiary/aromatic N) is 3. The van der Waals surface area contributed by atoms with Crippen molar-refractivity contribution in [3.63, 3.8) is 0 Å². The monoisotopic (exact) mass is 404 g/mol. The second-order valence-corrected chi connectivity index (χ2v) is 7.58. The molecule has 7 heteroatoms. The van der Waals surface area contributed by atoms with E-state index in [-0.39, 0.29) is 11.9 Å². The second kappa shape index (κ2) is 8.12. The molecule has 0 aliphatic rings. The van der Waals surface area contributed by atoms with E-state index in [2.05, 4.69) is 51.5 Å². The highest BCUT2D eigenvalue weighted by atomic mass is 16.5. The van der Waals surface area contributed by atoms with Crippen LogP contribution in [0.4, 0.5) is 0 Å². The average Bonchev–Trinajstić information content (AvgIpc) is 3.39. The van der Waals surface area contributed by atoms with Gasteiger partial charge in [0.05, 0.1) is 28.9 Å². The Morgan fingerprint density at radius 1 is 1.17 bits per heavy atom. The van der Waals surface area contributed by atoms with Crippen molar-refractivity contribution in [2.75, 3.05) is 20.6 Å². The number of likely N-dealkylation sites (N-methyl/N-ethyl adjacent to an activating group) is 1. The highest BCUT2D eigenvalue weighted by Gasteiger charge is 2.22. The van der Waals surface area contributed by atoms with Gasteiger partial charge in [-0.25, -0.2) is 4.98 Å². The van der Waals surface area contributed by atoms with Crippen LogP contribution in [0, 0.1) is 13.8 Å². The third-order valence-electron chi connectivity index (χ3n) is 5.18. The fourth-order valence-electron chi connectivity index (χ4n) is 3.50. The van der Waals surface area contributed by atoms with Crippen LogP contribution in [0.5, 0.6) is 0 Å². The Kier molecular flexibility index (Phi) is 5.37. The van der Waals surface area contributed by atoms with Crippen molar-refractivity contribution in [2.45, 2.75) is 19.9 Å². The summed E-state index contributed by atoms with van der Waals surface area (Å²) in [5.74, 6) is 0.353. The molecule has 0 saturated heterocycles. The number of carbonyl (C=O) groups excluding carboxylic acids is 1. The Morgan fingerprint density at radius 3 is 2.60 bits per heavy atom. The zero-order valence-corrected chi connectivity index (χ0v) is 17.5. The minimum atomic E-state index is -0.208. The van der Waals surface area contributed by atoms with Gasteiger partial charge in [-0.3, -0.25) is 4.79 Å². The van der Waals surface area contributed by atoms with Gasteiger partial charge in [0.2, 0.25) is 0 Å². The summed E-state index contributed by atoms with van der Waals surface area (Å²) in [7, 11) is 4.00. The molecule has 1 atom stereocenters. The Morgan fingerprint density at radius 2 is 1.93 bits per heavy atom. The molecule has 0 aliphatic heterocycles. The highest BCUT2D eigenvalue weighted by Crippen LogP contribution is 2.27. The fourth-order valence-corrected chi connectivity index (χ4v) is 3.50. The molecule has 0 aliphatic carbocycles. The van der Waals surface area contributed by atoms with E-state index in [1.54, 1.807) is 31.4 Å². The first-order valence-corrected chi connectivity index (χ1v) is 9.76. The molecule has 7 nitrogen and oxygen atoms in total. The number of carbonyl (C=O) groups is 1. The first kappa shape index (κ1) is 19.8. The summed E-state index contributed by atoms with van der Waals surface area (Å²) in [5, 5.41) is 7.66. The van der Waals surface area contributed by atoms with E-state index in [4.69, 9.17) is 8.94 Å². The highest BCUT2D eigenvalue weighted by molar-refractivity contribution is 6.06. The first-order chi connectivity index (χ1) is 14.4. The van der Waals surface area contributed by atoms with Crippen molar-refractivity contribution < 1.29 is 13.7 Å². The van der Waals surface area contributed by atoms with Crippen LogP contribution in [0.3, 0.4) is 0 Å². The van der Waals surface area contributed by atoms with Crippen molar-refractivity contribution in [1.82, 2.24) is 20.4 Å². The second-order valence-electron chi connectivity index (χ2n) is 7.58. The van der Waals surface area contributed by atoms with Gasteiger partial charge in [-0.05, 0) is 51.7 Å². The molecule has 4 aromatic rings. The summed E-state index contributed by atoms with van der Waals surface area (Å²) >= 11 is 0. The molecular weight excluding hydrogens is 380 g/mol. The third kappa shape index (κ3) is 3.84. The van der Waals surface area contributed by atoms with Crippen LogP contribution in [0.2, 0.25) is 0 Å². The SMILES string of the molecule is Cc1ccc(C(CNC(=O)c2cc(-c3ccco3)nc3onc(C)c23)N(C)C)cc1. The van der Waals surface area contributed by atoms with Gasteiger partial charge in [-0.2, -0.15) is 0 Å². The van der Waals surface area contributed by atoms with Gasteiger partial charge in [0.1, 0.15) is 5.69 Å². The van der Waals surface area contributed by atoms with Gasteiger partial charge in [0.25, 0.3) is 11.6 Å². The Hall–Kier alpha value is -3.45. The molecule has 1 amide bonds. The van der Waals surface area contributed by atoms with Crippen molar-refractivity contribution in [3.8, 4) is 11.5 Å². The topological polar surface area (TPSA) is 84.4 Å². The number of hydrogen-bond donors (Lipinski definition) is 1. The van der Waals surface area contributed by atoms with E-state index in [0.717, 1.165) is 5.56 Å². The van der Waals surface area contributed by atoms with Crippen LogP contribution in [0.25, 0.3) is 22.6 Å². The number of amides is 1. The quantitative estimate of drug-likeness (QED) is 0.520. The molecule has 0 spiro atoms. The lowest BCUT2D eigenvalue weighted by atomic mass is 10.0. The van der Waals surface area contributed by atoms with E-state index in [9.17, 15) is 4.79 Å². The molecule has 4 rings (SSSR count). The number of rotatable bonds is 6. The lowest BCUT2D eigenvalue weighted by Crippen LogP contribution is -2.34. The van der Waals surface area contributed by atoms with Gasteiger partial charge in [0, 0.05) is 6.54 Å². The minimum Gasteiger partial charge on any atom is -0.463 e. The van der Waals surface area contributed by atoms with Crippen molar-refractivity contribution in [1.29, 1.82) is 0 Å². The molecule has 3 heterocycles. The maximum atomic E-state index is 13.2. The van der Waals surface area contributed by atoms with E-state index in [1.807, 2.05) is 14.1 Å². The summed E-state index contributed by atoms with van der Waals surface area (Å²) in [6.45, 7) is 4.31. The van der Waals surface area contributed by atoms with Crippen LogP contribution < -0.4 is 5.32 Å². The number of furan rings is 1. The normalized spacial score (nSPS) is 12.4. The third-order valence-corrected chi connectivity index (χ3v) is 5.18. The van der Waals surface area contributed by atoms with Crippen LogP contribution >= 0.6 is 0 Å². The van der Waals surface area contributed by atoms with Crippen molar-refractivity contribution in [3.05, 3.63) is 71.1 Å². The number of aryl methyl sites for hydroxylation is 2. The summed E-state index contributed by atoms with van der Waals surface area (Å²) in [5.41, 5.74) is 4.27. The van der Waals surface area contributed by atoms with Gasteiger partial charge in [-0.1, -0.05) is 35.0 Å². The molecular formula is C23H24N4O3. The number of aromatic nitrogens is 2. The number of fused-ring (bicyclic) bond motifs is 1. The molecule has 1 N–H and O–H groups in total. The smallest absolute Gasteiger partial charge is 0.259 e. The average molecular weight is 404 g/mol. The maximum absolute atomic E-state index is 13.2. The standard InChI is InChI=1S/C23H24N4O3/c1-14-7-9-16(10-8-14)19(27(3)4)13-24-22(28)17-12-18(20-6-5-11-29-20)25-23-21(17)15(2)26-30-23/h5-12,19H,13H2,1-4H3,(H,24,28). The molecule has 0 bridgehead atoms. The minimum absolute atomic E-state index is 0.0417. The van der Waals surface area contributed by atoms with E-state index in [0.29, 0.717) is 40.4 Å². The summed E-state index contributed by atoms with van der Waals surface area (Å²) in [6, 6.07) is 13.7. The van der Waals surface area contributed by atoms with Crippen molar-refractivity contribution in [2.24, 2.45) is 0 Å². The van der Waals surface area contributed by atoms with Crippen LogP contribution in [-0.2, 0) is 0 Å². The van der Waals surface area contributed by atoms with E-state index in [1.165, 1.54) is 5.56 Å². The molecule has 0 saturated carbocycles. The predicted octanol–water partition coefficient (Wildman–Crippen LogP) is 4.13. The lowest BCUT2D eigenvalue weighted by Gasteiger charge is -2.25. The maximum Gasteiger partial charge on any atom is 0.259 e. The zero-order chi connectivity index (χ0) is 21.3. The molecule has 0 fully saturated rings. The first-order valence-electron chi connectivity index (χ1n) is 9.76. The van der Waals surface area contributed by atoms with Gasteiger partial charge >= 0.3 is 0 Å². The molecule has 1 unspecified atom stereocenters. The van der Waals surface area contributed by atoms with Gasteiger partial charge < -0.3 is 19.2 Å². The van der Waals surface area contributed by atoms with Gasteiger partial charge in [0.15, 0.2) is 5.76 Å². The number of hydrogen-bond acceptors (Lipinski definition) is 6. The van der Waals surface area contributed by atoms with E-state index >= 15 is 0 Å². The summed E-state index contributed by atoms with van der Waals surface area (Å²) in [4.78, 5) is 19.7. The summed E-state index contributed by atoms with van der Waals surface area (Å²) in [6.07, 6.45) is 1.57. The van der Waals surface area contributed by atoms with Crippen molar-refractivity contribution >= 4 is 17.0 Å². The zero-order valence-electron chi connectivity index (χ0n) is 17.5. The molecule has 1 aromatic carbocycles. The number of pyridine rings is 1. The Bertz CT molecular complexity index is 1160. The fraction of sp³-hybridized carbons (Fsp3) is 0.261. The van der Waals surface area contributed by atoms with E-state index < -0.39 is 0 Å². The number of benzene rings is 1. The predicted molar refractivity (Wildman–Crippen MR) is 114 cm³/mol. The van der Waals surface area contributed by atoms with Crippen LogP contribution in [0.1, 0.15) is 33.2 Å². The van der Waals surface area contributed by atoms with Crippen LogP contribution in [-0.4, -0.2) is 41.6 Å². The molecule has 30 heavy (non-hydrogen) atoms. The van der Waals surface area contributed by atoms with Gasteiger partial charge in [-0.15, -0.1) is 0 Å². The lowest BCUT2D eigenvalue weighted by molar-refractivity contribution is 0.0943. The number of nitrogens with one attached hydrogen (secondary N) is 1. The molecule has 3 aromatic heterocycles. The summed E-state index contributed by atoms with van der Waals surface area (Å²) < 4.78 is 10.8. The molecule has 154 valence electrons. The largest absolute Gasteiger partial charge is 0.463 e.